The first-order valence-electron chi connectivity index (χ1n) is 14.0. The molecule has 6 rings (SSSR count). The first-order valence-corrected chi connectivity index (χ1v) is 14.0. The molecule has 2 aromatic carbocycles. The average molecular weight is 535 g/mol. The Bertz CT molecular complexity index is 1620. The third-order valence-corrected chi connectivity index (χ3v) is 7.43. The van der Waals surface area contributed by atoms with Crippen molar-refractivity contribution >= 4 is 22.8 Å². The van der Waals surface area contributed by atoms with Crippen LogP contribution in [0.15, 0.2) is 72.9 Å². The Morgan fingerprint density at radius 3 is 2.55 bits per heavy atom. The fourth-order valence-corrected chi connectivity index (χ4v) is 5.34. The molecule has 0 aliphatic carbocycles. The molecule has 204 valence electrons. The fourth-order valence-electron chi connectivity index (χ4n) is 5.34. The van der Waals surface area contributed by atoms with Crippen molar-refractivity contribution in [3.8, 4) is 22.4 Å². The molecule has 5 aromatic rings. The summed E-state index contributed by atoms with van der Waals surface area (Å²) in [7, 11) is 0. The third kappa shape index (κ3) is 5.53. The number of ether oxygens (including phenoxy) is 1. The lowest BCUT2D eigenvalue weighted by Crippen LogP contribution is -2.39. The quantitative estimate of drug-likeness (QED) is 0.275. The summed E-state index contributed by atoms with van der Waals surface area (Å²) in [4.78, 5) is 24.1. The minimum absolute atomic E-state index is 0.00823. The number of fused-ring (bicyclic) bond motifs is 3. The highest BCUT2D eigenvalue weighted by Crippen LogP contribution is 2.33. The van der Waals surface area contributed by atoms with Crippen LogP contribution in [0.3, 0.4) is 0 Å². The van der Waals surface area contributed by atoms with E-state index in [0.29, 0.717) is 6.54 Å². The van der Waals surface area contributed by atoms with Crippen molar-refractivity contribution in [2.75, 3.05) is 19.6 Å². The standard InChI is InChI=1S/C32H34N6O2/c1-3-15-33-32(39)40-27-13-16-37(17-14-27)21-23-9-11-25(12-10-23)30-28(24-7-5-4-6-8-24)19-26-20-34-29-18-22(2)36-38(29)31(26)35-30/h4-12,18-20,27H,3,13-17,21H2,1-2H3,(H,33,39). The number of likely N-dealkylation sites (tertiary alicyclic amines) is 1. The summed E-state index contributed by atoms with van der Waals surface area (Å²) in [6.07, 6.45) is 4.19. The van der Waals surface area contributed by atoms with E-state index in [0.717, 1.165) is 83.7 Å². The van der Waals surface area contributed by atoms with Crippen LogP contribution in [-0.2, 0) is 11.3 Å². The van der Waals surface area contributed by atoms with Crippen LogP contribution in [0.1, 0.15) is 37.4 Å². The number of aryl methyl sites for hydroxylation is 1. The number of piperidine rings is 1. The van der Waals surface area contributed by atoms with Crippen LogP contribution in [0.2, 0.25) is 0 Å². The molecule has 1 aliphatic rings. The Hall–Kier alpha value is -4.30. The second-order valence-corrected chi connectivity index (χ2v) is 10.5. The van der Waals surface area contributed by atoms with Gasteiger partial charge in [0.15, 0.2) is 11.3 Å². The van der Waals surface area contributed by atoms with E-state index in [9.17, 15) is 4.79 Å². The average Bonchev–Trinajstić information content (AvgIpc) is 3.38. The van der Waals surface area contributed by atoms with Crippen LogP contribution in [0.5, 0.6) is 0 Å². The summed E-state index contributed by atoms with van der Waals surface area (Å²) in [5.74, 6) is 0. The Balaban J connectivity index is 1.23. The van der Waals surface area contributed by atoms with Crippen LogP contribution in [-0.4, -0.2) is 56.3 Å². The fraction of sp³-hybridized carbons (Fsp3) is 0.312. The lowest BCUT2D eigenvalue weighted by atomic mass is 9.97. The number of hydrogen-bond acceptors (Lipinski definition) is 6. The number of alkyl carbamates (subject to hydrolysis) is 1. The number of nitrogens with one attached hydrogen (secondary N) is 1. The number of pyridine rings is 1. The van der Waals surface area contributed by atoms with Crippen molar-refractivity contribution in [2.24, 2.45) is 0 Å². The van der Waals surface area contributed by atoms with E-state index in [4.69, 9.17) is 9.72 Å². The number of benzene rings is 2. The second kappa shape index (κ2) is 11.4. The monoisotopic (exact) mass is 534 g/mol. The van der Waals surface area contributed by atoms with Gasteiger partial charge in [-0.25, -0.2) is 14.8 Å². The maximum atomic E-state index is 11.9. The van der Waals surface area contributed by atoms with E-state index >= 15 is 0 Å². The van der Waals surface area contributed by atoms with Crippen molar-refractivity contribution in [3.05, 3.63) is 84.2 Å². The van der Waals surface area contributed by atoms with Gasteiger partial charge in [0.2, 0.25) is 0 Å². The van der Waals surface area contributed by atoms with E-state index in [1.165, 1.54) is 5.56 Å². The van der Waals surface area contributed by atoms with E-state index in [-0.39, 0.29) is 12.2 Å². The lowest BCUT2D eigenvalue weighted by molar-refractivity contribution is 0.0488. The number of carbonyl (C=O) groups is 1. The molecule has 8 nitrogen and oxygen atoms in total. The summed E-state index contributed by atoms with van der Waals surface area (Å²) in [6.45, 7) is 7.33. The lowest BCUT2D eigenvalue weighted by Gasteiger charge is -2.31. The van der Waals surface area contributed by atoms with E-state index < -0.39 is 0 Å². The summed E-state index contributed by atoms with van der Waals surface area (Å²) in [6, 6.07) is 23.2. The third-order valence-electron chi connectivity index (χ3n) is 7.43. The van der Waals surface area contributed by atoms with Crippen LogP contribution >= 0.6 is 0 Å². The number of aromatic nitrogens is 4. The van der Waals surface area contributed by atoms with Crippen molar-refractivity contribution < 1.29 is 9.53 Å². The number of rotatable bonds is 7. The van der Waals surface area contributed by atoms with Gasteiger partial charge in [0.05, 0.1) is 11.4 Å². The van der Waals surface area contributed by atoms with Gasteiger partial charge in [0.1, 0.15) is 6.10 Å². The molecule has 1 N–H and O–H groups in total. The van der Waals surface area contributed by atoms with Crippen molar-refractivity contribution in [1.82, 2.24) is 29.8 Å². The van der Waals surface area contributed by atoms with Crippen LogP contribution in [0.4, 0.5) is 4.79 Å². The molecule has 1 saturated heterocycles. The molecule has 0 bridgehead atoms. The smallest absolute Gasteiger partial charge is 0.407 e. The molecule has 3 aromatic heterocycles. The van der Waals surface area contributed by atoms with Gasteiger partial charge in [-0.05, 0) is 43.4 Å². The van der Waals surface area contributed by atoms with Gasteiger partial charge >= 0.3 is 6.09 Å². The molecular weight excluding hydrogens is 500 g/mol. The predicted molar refractivity (Wildman–Crippen MR) is 157 cm³/mol. The zero-order chi connectivity index (χ0) is 27.5. The molecule has 0 atom stereocenters. The highest BCUT2D eigenvalue weighted by Gasteiger charge is 2.22. The van der Waals surface area contributed by atoms with E-state index in [1.54, 1.807) is 0 Å². The summed E-state index contributed by atoms with van der Waals surface area (Å²) in [5.41, 5.74) is 7.91. The van der Waals surface area contributed by atoms with Gasteiger partial charge in [-0.3, -0.25) is 4.90 Å². The maximum absolute atomic E-state index is 11.9. The maximum Gasteiger partial charge on any atom is 0.407 e. The normalized spacial score (nSPS) is 14.6. The molecule has 4 heterocycles. The highest BCUT2D eigenvalue weighted by molar-refractivity contribution is 5.90. The van der Waals surface area contributed by atoms with Gasteiger partial charge in [-0.1, -0.05) is 61.5 Å². The van der Waals surface area contributed by atoms with Gasteiger partial charge in [0.25, 0.3) is 0 Å². The Morgan fingerprint density at radius 2 is 1.80 bits per heavy atom. The molecule has 1 amide bonds. The number of nitrogens with zero attached hydrogens (tertiary/aromatic N) is 5. The van der Waals surface area contributed by atoms with Crippen LogP contribution in [0.25, 0.3) is 39.1 Å². The molecule has 0 unspecified atom stereocenters. The first-order chi connectivity index (χ1) is 19.6. The Labute approximate surface area is 234 Å². The van der Waals surface area contributed by atoms with Crippen molar-refractivity contribution in [2.45, 2.75) is 45.8 Å². The molecule has 1 aliphatic heterocycles. The number of amides is 1. The van der Waals surface area contributed by atoms with Crippen molar-refractivity contribution in [3.63, 3.8) is 0 Å². The predicted octanol–water partition coefficient (Wildman–Crippen LogP) is 6.02. The molecule has 8 heteroatoms. The summed E-state index contributed by atoms with van der Waals surface area (Å²) < 4.78 is 7.40. The van der Waals surface area contributed by atoms with Crippen molar-refractivity contribution in [1.29, 1.82) is 0 Å². The van der Waals surface area contributed by atoms with E-state index in [2.05, 4.69) is 74.9 Å². The number of hydrogen-bond donors (Lipinski definition) is 1. The van der Waals surface area contributed by atoms with Gasteiger partial charge in [-0.15, -0.1) is 0 Å². The summed E-state index contributed by atoms with van der Waals surface area (Å²) in [5, 5.41) is 8.39. The largest absolute Gasteiger partial charge is 0.446 e. The van der Waals surface area contributed by atoms with Gasteiger partial charge < -0.3 is 10.1 Å². The van der Waals surface area contributed by atoms with E-state index in [1.807, 2.05) is 36.7 Å². The Morgan fingerprint density at radius 1 is 1.02 bits per heavy atom. The molecule has 0 radical (unpaired) electrons. The molecule has 40 heavy (non-hydrogen) atoms. The highest BCUT2D eigenvalue weighted by atomic mass is 16.6. The zero-order valence-electron chi connectivity index (χ0n) is 23.0. The SMILES string of the molecule is CCCNC(=O)OC1CCN(Cc2ccc(-c3nc4c(cnc5cc(C)nn54)cc3-c3ccccc3)cc2)CC1. The van der Waals surface area contributed by atoms with Gasteiger partial charge in [0, 0.05) is 55.0 Å². The Kier molecular flexibility index (Phi) is 7.42. The van der Waals surface area contributed by atoms with Crippen LogP contribution in [0, 0.1) is 6.92 Å². The number of carbonyl (C=O) groups excluding carboxylic acids is 1. The minimum atomic E-state index is -0.298. The summed E-state index contributed by atoms with van der Waals surface area (Å²) >= 11 is 0. The molecular formula is C32H34N6O2. The molecule has 0 saturated carbocycles. The molecule has 1 fully saturated rings. The topological polar surface area (TPSA) is 84.6 Å². The first kappa shape index (κ1) is 26.0. The second-order valence-electron chi connectivity index (χ2n) is 10.5. The molecule has 0 spiro atoms. The minimum Gasteiger partial charge on any atom is -0.446 e. The van der Waals surface area contributed by atoms with Gasteiger partial charge in [-0.2, -0.15) is 9.61 Å². The zero-order valence-corrected chi connectivity index (χ0v) is 23.0. The van der Waals surface area contributed by atoms with Crippen LogP contribution < -0.4 is 5.32 Å².